The van der Waals surface area contributed by atoms with Crippen molar-refractivity contribution >= 4 is 16.0 Å². The van der Waals surface area contributed by atoms with Crippen molar-refractivity contribution in [1.82, 2.24) is 4.31 Å². The summed E-state index contributed by atoms with van der Waals surface area (Å²) in [5.74, 6) is -0.161. The smallest absolute Gasteiger partial charge is 0.321 e. The number of ether oxygens (including phenoxy) is 1. The van der Waals surface area contributed by atoms with Gasteiger partial charge in [-0.2, -0.15) is 4.31 Å². The van der Waals surface area contributed by atoms with E-state index in [1.807, 2.05) is 20.8 Å². The van der Waals surface area contributed by atoms with Gasteiger partial charge in [0.05, 0.1) is 12.9 Å². The van der Waals surface area contributed by atoms with E-state index >= 15 is 0 Å². The van der Waals surface area contributed by atoms with Crippen LogP contribution in [0.3, 0.4) is 0 Å². The lowest BCUT2D eigenvalue weighted by Crippen LogP contribution is -2.40. The Morgan fingerprint density at radius 3 is 2.17 bits per heavy atom. The van der Waals surface area contributed by atoms with Crippen LogP contribution in [0.15, 0.2) is 0 Å². The molecule has 108 valence electrons. The van der Waals surface area contributed by atoms with Crippen molar-refractivity contribution < 1.29 is 17.9 Å². The third-order valence-corrected chi connectivity index (χ3v) is 4.99. The van der Waals surface area contributed by atoms with Gasteiger partial charge in [0, 0.05) is 6.54 Å². The maximum Gasteiger partial charge on any atom is 0.321 e. The van der Waals surface area contributed by atoms with Gasteiger partial charge in [-0.1, -0.05) is 33.6 Å². The van der Waals surface area contributed by atoms with Crippen molar-refractivity contribution in [2.75, 3.05) is 26.0 Å². The Hall–Kier alpha value is -0.620. The van der Waals surface area contributed by atoms with E-state index in [-0.39, 0.29) is 18.2 Å². The molecule has 6 heteroatoms. The predicted octanol–water partition coefficient (Wildman–Crippen LogP) is 1.64. The van der Waals surface area contributed by atoms with Crippen LogP contribution in [0.1, 0.15) is 40.0 Å². The summed E-state index contributed by atoms with van der Waals surface area (Å²) in [7, 11) is -2.09. The minimum absolute atomic E-state index is 0.0736. The predicted molar refractivity (Wildman–Crippen MR) is 71.7 cm³/mol. The number of hydrogen-bond acceptors (Lipinski definition) is 4. The lowest BCUT2D eigenvalue weighted by atomic mass is 10.0. The SMILES string of the molecule is CCCS(=O)(=O)N(CC(=O)OC)CC(CC)CC. The molecule has 0 N–H and O–H groups in total. The molecular formula is C12H25NO4S. The van der Waals surface area contributed by atoms with Crippen LogP contribution in [0.25, 0.3) is 0 Å². The summed E-state index contributed by atoms with van der Waals surface area (Å²) >= 11 is 0. The molecule has 0 aliphatic carbocycles. The van der Waals surface area contributed by atoms with E-state index in [2.05, 4.69) is 4.74 Å². The van der Waals surface area contributed by atoms with Crippen LogP contribution in [-0.2, 0) is 19.6 Å². The summed E-state index contributed by atoms with van der Waals surface area (Å²) in [6.07, 6.45) is 2.34. The zero-order valence-electron chi connectivity index (χ0n) is 11.8. The van der Waals surface area contributed by atoms with Crippen LogP contribution in [0, 0.1) is 5.92 Å². The summed E-state index contributed by atoms with van der Waals surface area (Å²) in [5, 5.41) is 0. The molecular weight excluding hydrogens is 254 g/mol. The Labute approximate surface area is 111 Å². The maximum atomic E-state index is 12.1. The van der Waals surface area contributed by atoms with Crippen molar-refractivity contribution in [3.8, 4) is 0 Å². The van der Waals surface area contributed by atoms with Crippen LogP contribution in [0.5, 0.6) is 0 Å². The van der Waals surface area contributed by atoms with E-state index in [4.69, 9.17) is 0 Å². The van der Waals surface area contributed by atoms with Gasteiger partial charge in [-0.05, 0) is 12.3 Å². The lowest BCUT2D eigenvalue weighted by Gasteiger charge is -2.24. The number of rotatable bonds is 9. The number of carbonyl (C=O) groups excluding carboxylic acids is 1. The first-order valence-electron chi connectivity index (χ1n) is 6.45. The first-order chi connectivity index (χ1) is 8.41. The molecule has 0 saturated heterocycles. The molecule has 0 radical (unpaired) electrons. The molecule has 0 atom stereocenters. The van der Waals surface area contributed by atoms with E-state index in [0.29, 0.717) is 13.0 Å². The molecule has 0 aromatic heterocycles. The zero-order valence-corrected chi connectivity index (χ0v) is 12.6. The molecule has 18 heavy (non-hydrogen) atoms. The number of nitrogens with zero attached hydrogens (tertiary/aromatic N) is 1. The summed E-state index contributed by atoms with van der Waals surface area (Å²) in [4.78, 5) is 11.3. The van der Waals surface area contributed by atoms with Crippen LogP contribution in [-0.4, -0.2) is 44.6 Å². The van der Waals surface area contributed by atoms with Gasteiger partial charge < -0.3 is 4.74 Å². The fourth-order valence-electron chi connectivity index (χ4n) is 1.71. The summed E-state index contributed by atoms with van der Waals surface area (Å²) < 4.78 is 30.0. The molecule has 0 saturated carbocycles. The van der Waals surface area contributed by atoms with Crippen LogP contribution in [0.4, 0.5) is 0 Å². The van der Waals surface area contributed by atoms with Crippen molar-refractivity contribution in [2.24, 2.45) is 5.92 Å². The van der Waals surface area contributed by atoms with Crippen molar-refractivity contribution in [3.05, 3.63) is 0 Å². The molecule has 0 unspecified atom stereocenters. The molecule has 0 fully saturated rings. The number of esters is 1. The van der Waals surface area contributed by atoms with Gasteiger partial charge in [-0.25, -0.2) is 8.42 Å². The van der Waals surface area contributed by atoms with E-state index < -0.39 is 16.0 Å². The standard InChI is InChI=1S/C12H25NO4S/c1-5-8-18(15,16)13(10-12(14)17-4)9-11(6-2)7-3/h11H,5-10H2,1-4H3. The normalized spacial score (nSPS) is 12.1. The molecule has 0 heterocycles. The fourth-order valence-corrected chi connectivity index (χ4v) is 3.22. The van der Waals surface area contributed by atoms with Gasteiger partial charge in [0.15, 0.2) is 0 Å². The number of hydrogen-bond donors (Lipinski definition) is 0. The second-order valence-electron chi connectivity index (χ2n) is 4.37. The molecule has 0 aliphatic rings. The maximum absolute atomic E-state index is 12.1. The van der Waals surface area contributed by atoms with Crippen molar-refractivity contribution in [1.29, 1.82) is 0 Å². The molecule has 0 amide bonds. The lowest BCUT2D eigenvalue weighted by molar-refractivity contribution is -0.140. The van der Waals surface area contributed by atoms with Gasteiger partial charge in [0.2, 0.25) is 10.0 Å². The van der Waals surface area contributed by atoms with E-state index in [0.717, 1.165) is 12.8 Å². The topological polar surface area (TPSA) is 63.7 Å². The highest BCUT2D eigenvalue weighted by Gasteiger charge is 2.26. The molecule has 0 aliphatic heterocycles. The van der Waals surface area contributed by atoms with Crippen LogP contribution >= 0.6 is 0 Å². The van der Waals surface area contributed by atoms with Gasteiger partial charge in [0.25, 0.3) is 0 Å². The Morgan fingerprint density at radius 1 is 1.22 bits per heavy atom. The second-order valence-corrected chi connectivity index (χ2v) is 6.46. The molecule has 0 rings (SSSR count). The molecule has 0 aromatic carbocycles. The highest BCUT2D eigenvalue weighted by atomic mass is 32.2. The Kier molecular flexibility index (Phi) is 8.18. The first kappa shape index (κ1) is 17.4. The third-order valence-electron chi connectivity index (χ3n) is 3.01. The average Bonchev–Trinajstić information content (AvgIpc) is 2.33. The summed E-state index contributed by atoms with van der Waals surface area (Å²) in [5.41, 5.74) is 0. The van der Waals surface area contributed by atoms with E-state index in [1.54, 1.807) is 0 Å². The van der Waals surface area contributed by atoms with E-state index in [1.165, 1.54) is 11.4 Å². The summed E-state index contributed by atoms with van der Waals surface area (Å²) in [6.45, 7) is 6.07. The van der Waals surface area contributed by atoms with Gasteiger partial charge >= 0.3 is 5.97 Å². The zero-order chi connectivity index (χ0) is 14.2. The third kappa shape index (κ3) is 5.82. The average molecular weight is 279 g/mol. The Balaban J connectivity index is 4.87. The minimum atomic E-state index is -3.36. The summed E-state index contributed by atoms with van der Waals surface area (Å²) in [6, 6.07) is 0. The fraction of sp³-hybridized carbons (Fsp3) is 0.917. The highest BCUT2D eigenvalue weighted by molar-refractivity contribution is 7.89. The molecule has 0 bridgehead atoms. The van der Waals surface area contributed by atoms with Crippen LogP contribution in [0.2, 0.25) is 0 Å². The Morgan fingerprint density at radius 2 is 1.78 bits per heavy atom. The number of methoxy groups -OCH3 is 1. The van der Waals surface area contributed by atoms with Crippen molar-refractivity contribution in [2.45, 2.75) is 40.0 Å². The highest BCUT2D eigenvalue weighted by Crippen LogP contribution is 2.14. The first-order valence-corrected chi connectivity index (χ1v) is 8.06. The van der Waals surface area contributed by atoms with Gasteiger partial charge in [-0.15, -0.1) is 0 Å². The Bertz CT molecular complexity index is 336. The minimum Gasteiger partial charge on any atom is -0.468 e. The van der Waals surface area contributed by atoms with E-state index in [9.17, 15) is 13.2 Å². The molecule has 0 aromatic rings. The van der Waals surface area contributed by atoms with Crippen molar-refractivity contribution in [3.63, 3.8) is 0 Å². The molecule has 5 nitrogen and oxygen atoms in total. The largest absolute Gasteiger partial charge is 0.468 e. The quantitative estimate of drug-likeness (QED) is 0.602. The van der Waals surface area contributed by atoms with Crippen LogP contribution < -0.4 is 0 Å². The number of sulfonamides is 1. The monoisotopic (exact) mass is 279 g/mol. The number of carbonyl (C=O) groups is 1. The van der Waals surface area contributed by atoms with Gasteiger partial charge in [-0.3, -0.25) is 4.79 Å². The van der Waals surface area contributed by atoms with Gasteiger partial charge in [0.1, 0.15) is 6.54 Å². The molecule has 0 spiro atoms. The second kappa shape index (κ2) is 8.48.